The lowest BCUT2D eigenvalue weighted by Crippen LogP contribution is -3.09. The van der Waals surface area contributed by atoms with Crippen LogP contribution in [0.4, 0.5) is 0 Å². The fourth-order valence-corrected chi connectivity index (χ4v) is 1.20. The lowest BCUT2D eigenvalue weighted by Gasteiger charge is -2.20. The SMILES string of the molecule is [CH2-][NH+]1CCCC1CO. The molecular weight excluding hydrogens is 102 g/mol. The first-order valence-corrected chi connectivity index (χ1v) is 3.13. The predicted molar refractivity (Wildman–Crippen MR) is 31.3 cm³/mol. The summed E-state index contributed by atoms with van der Waals surface area (Å²) in [6.45, 7) is 1.43. The minimum Gasteiger partial charge on any atom is -0.463 e. The Bertz CT molecular complexity index is 74.9. The molecule has 0 aromatic rings. The molecule has 1 aliphatic rings. The Morgan fingerprint density at radius 1 is 1.75 bits per heavy atom. The van der Waals surface area contributed by atoms with Crippen molar-refractivity contribution in [3.8, 4) is 0 Å². The number of aliphatic hydroxyl groups is 1. The first-order valence-electron chi connectivity index (χ1n) is 3.13. The Balaban J connectivity index is 2.30. The number of nitrogens with one attached hydrogen (secondary N) is 1. The van der Waals surface area contributed by atoms with Gasteiger partial charge in [0.2, 0.25) is 0 Å². The fourth-order valence-electron chi connectivity index (χ4n) is 1.20. The van der Waals surface area contributed by atoms with E-state index in [0.717, 1.165) is 13.0 Å². The summed E-state index contributed by atoms with van der Waals surface area (Å²) in [5.74, 6) is 0. The molecule has 2 N–H and O–H groups in total. The third-order valence-corrected chi connectivity index (χ3v) is 1.85. The highest BCUT2D eigenvalue weighted by atomic mass is 16.3. The molecule has 48 valence electrons. The molecule has 0 saturated carbocycles. The van der Waals surface area contributed by atoms with Gasteiger partial charge in [0.1, 0.15) is 0 Å². The maximum atomic E-state index is 8.68. The van der Waals surface area contributed by atoms with Crippen molar-refractivity contribution in [1.82, 2.24) is 0 Å². The second-order valence-corrected chi connectivity index (χ2v) is 2.43. The molecule has 0 aromatic carbocycles. The molecule has 0 radical (unpaired) electrons. The zero-order chi connectivity index (χ0) is 5.98. The standard InChI is InChI=1S/C6H13NO/c1-7-4-2-3-6(7)5-8/h6-8H,1-5H2. The first-order chi connectivity index (χ1) is 3.84. The molecule has 1 fully saturated rings. The van der Waals surface area contributed by atoms with Crippen molar-refractivity contribution in [1.29, 1.82) is 0 Å². The van der Waals surface area contributed by atoms with Crippen LogP contribution in [0.3, 0.4) is 0 Å². The Morgan fingerprint density at radius 2 is 2.50 bits per heavy atom. The molecule has 1 rings (SSSR count). The largest absolute Gasteiger partial charge is 0.463 e. The van der Waals surface area contributed by atoms with Crippen molar-refractivity contribution < 1.29 is 10.0 Å². The Hall–Kier alpha value is -0.0800. The average Bonchev–Trinajstić information content (AvgIpc) is 2.14. The molecule has 2 heteroatoms. The van der Waals surface area contributed by atoms with Gasteiger partial charge in [0.05, 0.1) is 19.2 Å². The Labute approximate surface area is 50.1 Å². The van der Waals surface area contributed by atoms with E-state index in [9.17, 15) is 0 Å². The van der Waals surface area contributed by atoms with E-state index in [4.69, 9.17) is 5.11 Å². The zero-order valence-corrected chi connectivity index (χ0v) is 5.06. The summed E-state index contributed by atoms with van der Waals surface area (Å²) in [7, 11) is 3.85. The second kappa shape index (κ2) is 2.46. The van der Waals surface area contributed by atoms with Crippen LogP contribution in [0, 0.1) is 7.05 Å². The number of aliphatic hydroxyl groups excluding tert-OH is 1. The number of hydrogen-bond donors (Lipinski definition) is 2. The average molecular weight is 115 g/mol. The Kier molecular flexibility index (Phi) is 1.86. The summed E-state index contributed by atoms with van der Waals surface area (Å²) in [6, 6.07) is 0.426. The third kappa shape index (κ3) is 1.01. The third-order valence-electron chi connectivity index (χ3n) is 1.85. The fraction of sp³-hybridized carbons (Fsp3) is 0.833. The quantitative estimate of drug-likeness (QED) is 0.413. The van der Waals surface area contributed by atoms with Crippen molar-refractivity contribution >= 4 is 0 Å². The van der Waals surface area contributed by atoms with Crippen molar-refractivity contribution in [2.75, 3.05) is 13.2 Å². The molecule has 2 atom stereocenters. The van der Waals surface area contributed by atoms with Crippen LogP contribution in [0.25, 0.3) is 0 Å². The molecule has 1 aliphatic heterocycles. The highest BCUT2D eigenvalue weighted by molar-refractivity contribution is 4.59. The minimum absolute atomic E-state index is 0.304. The van der Waals surface area contributed by atoms with Crippen LogP contribution in [0.15, 0.2) is 0 Å². The van der Waals surface area contributed by atoms with Crippen LogP contribution in [-0.2, 0) is 0 Å². The van der Waals surface area contributed by atoms with Crippen molar-refractivity contribution in [2.24, 2.45) is 0 Å². The lowest BCUT2D eigenvalue weighted by atomic mass is 10.2. The normalized spacial score (nSPS) is 38.2. The van der Waals surface area contributed by atoms with E-state index < -0.39 is 0 Å². The molecule has 0 aliphatic carbocycles. The monoisotopic (exact) mass is 115 g/mol. The van der Waals surface area contributed by atoms with Crippen LogP contribution in [-0.4, -0.2) is 24.3 Å². The van der Waals surface area contributed by atoms with Gasteiger partial charge in [-0.1, -0.05) is 0 Å². The minimum atomic E-state index is 0.304. The molecule has 0 spiro atoms. The van der Waals surface area contributed by atoms with Gasteiger partial charge in [0.25, 0.3) is 0 Å². The van der Waals surface area contributed by atoms with E-state index in [0.29, 0.717) is 12.6 Å². The summed E-state index contributed by atoms with van der Waals surface area (Å²) >= 11 is 0. The van der Waals surface area contributed by atoms with Crippen LogP contribution >= 0.6 is 0 Å². The molecular formula is C6H13NO. The highest BCUT2D eigenvalue weighted by Gasteiger charge is 2.18. The highest BCUT2D eigenvalue weighted by Crippen LogP contribution is 1.96. The van der Waals surface area contributed by atoms with Crippen LogP contribution < -0.4 is 4.90 Å². The lowest BCUT2D eigenvalue weighted by molar-refractivity contribution is -0.867. The number of likely N-dealkylation sites (tertiary alicyclic amines) is 1. The molecule has 8 heavy (non-hydrogen) atoms. The number of rotatable bonds is 1. The van der Waals surface area contributed by atoms with Crippen molar-refractivity contribution in [3.05, 3.63) is 7.05 Å². The maximum absolute atomic E-state index is 8.68. The molecule has 0 amide bonds. The number of hydrogen-bond acceptors (Lipinski definition) is 1. The van der Waals surface area contributed by atoms with Crippen molar-refractivity contribution in [3.63, 3.8) is 0 Å². The van der Waals surface area contributed by atoms with E-state index in [2.05, 4.69) is 7.05 Å². The van der Waals surface area contributed by atoms with Gasteiger partial charge in [-0.2, -0.15) is 7.05 Å². The van der Waals surface area contributed by atoms with Gasteiger partial charge in [-0.15, -0.1) is 0 Å². The van der Waals surface area contributed by atoms with E-state index in [-0.39, 0.29) is 0 Å². The van der Waals surface area contributed by atoms with E-state index in [1.807, 2.05) is 0 Å². The molecule has 0 aromatic heterocycles. The predicted octanol–water partition coefficient (Wildman–Crippen LogP) is -1.18. The summed E-state index contributed by atoms with van der Waals surface area (Å²) in [5, 5.41) is 8.68. The van der Waals surface area contributed by atoms with Crippen LogP contribution in [0.5, 0.6) is 0 Å². The van der Waals surface area contributed by atoms with Gasteiger partial charge in [-0.05, 0) is 6.42 Å². The van der Waals surface area contributed by atoms with E-state index >= 15 is 0 Å². The van der Waals surface area contributed by atoms with Gasteiger partial charge in [0.15, 0.2) is 0 Å². The topological polar surface area (TPSA) is 24.7 Å². The molecule has 2 unspecified atom stereocenters. The Morgan fingerprint density at radius 3 is 2.75 bits per heavy atom. The smallest absolute Gasteiger partial charge is 0.0928 e. The molecule has 2 nitrogen and oxygen atoms in total. The molecule has 0 bridgehead atoms. The van der Waals surface area contributed by atoms with Crippen molar-refractivity contribution in [2.45, 2.75) is 18.9 Å². The van der Waals surface area contributed by atoms with Crippen LogP contribution in [0.1, 0.15) is 12.8 Å². The molecule has 1 saturated heterocycles. The first kappa shape index (κ1) is 6.05. The summed E-state index contributed by atoms with van der Waals surface area (Å²) in [5.41, 5.74) is 0. The van der Waals surface area contributed by atoms with E-state index in [1.165, 1.54) is 11.3 Å². The molecule has 1 heterocycles. The maximum Gasteiger partial charge on any atom is 0.0928 e. The van der Waals surface area contributed by atoms with Gasteiger partial charge in [-0.3, -0.25) is 0 Å². The van der Waals surface area contributed by atoms with Crippen LogP contribution in [0.2, 0.25) is 0 Å². The van der Waals surface area contributed by atoms with Gasteiger partial charge in [-0.25, -0.2) is 0 Å². The summed E-state index contributed by atoms with van der Waals surface area (Å²) in [4.78, 5) is 1.24. The van der Waals surface area contributed by atoms with Gasteiger partial charge < -0.3 is 10.0 Å². The summed E-state index contributed by atoms with van der Waals surface area (Å²) < 4.78 is 0. The number of quaternary nitrogens is 1. The zero-order valence-electron chi connectivity index (χ0n) is 5.06. The van der Waals surface area contributed by atoms with Gasteiger partial charge in [0, 0.05) is 6.42 Å². The van der Waals surface area contributed by atoms with E-state index in [1.54, 1.807) is 0 Å². The van der Waals surface area contributed by atoms with Gasteiger partial charge >= 0.3 is 0 Å². The second-order valence-electron chi connectivity index (χ2n) is 2.43. The summed E-state index contributed by atoms with van der Waals surface area (Å²) in [6.07, 6.45) is 2.37.